The van der Waals surface area contributed by atoms with Gasteiger partial charge in [-0.2, -0.15) is 0 Å². The minimum atomic E-state index is -0.569. The molecule has 1 unspecified atom stereocenters. The van der Waals surface area contributed by atoms with Crippen molar-refractivity contribution in [1.29, 1.82) is 0 Å². The van der Waals surface area contributed by atoms with Crippen molar-refractivity contribution in [3.05, 3.63) is 101 Å². The van der Waals surface area contributed by atoms with E-state index < -0.39 is 6.04 Å². The molecule has 6 heteroatoms. The van der Waals surface area contributed by atoms with Crippen LogP contribution in [0.4, 0.5) is 0 Å². The summed E-state index contributed by atoms with van der Waals surface area (Å²) in [6, 6.07) is 27.0. The van der Waals surface area contributed by atoms with Gasteiger partial charge in [0, 0.05) is 35.8 Å². The van der Waals surface area contributed by atoms with Crippen LogP contribution in [0.5, 0.6) is 0 Å². The molecule has 1 atom stereocenters. The number of nitrogens with zero attached hydrogens (tertiary/aromatic N) is 1. The summed E-state index contributed by atoms with van der Waals surface area (Å²) in [4.78, 5) is 29.7. The van der Waals surface area contributed by atoms with Gasteiger partial charge in [-0.25, -0.2) is 0 Å². The first-order valence-corrected chi connectivity index (χ1v) is 13.5. The average molecular weight is 509 g/mol. The Labute approximate surface area is 218 Å². The molecule has 4 nitrogen and oxygen atoms in total. The molecule has 0 saturated heterocycles. The number of amides is 2. The van der Waals surface area contributed by atoms with E-state index in [1.165, 1.54) is 0 Å². The Bertz CT molecular complexity index is 1050. The van der Waals surface area contributed by atoms with Crippen molar-refractivity contribution in [2.24, 2.45) is 0 Å². The minimum absolute atomic E-state index is 0.00172. The molecule has 0 saturated carbocycles. The Balaban J connectivity index is 1.74. The Kier molecular flexibility index (Phi) is 11.2. The number of rotatable bonds is 13. The molecule has 184 valence electrons. The monoisotopic (exact) mass is 508 g/mol. The summed E-state index contributed by atoms with van der Waals surface area (Å²) in [5.74, 6) is 0.714. The lowest BCUT2D eigenvalue weighted by Gasteiger charge is -2.31. The predicted octanol–water partition coefficient (Wildman–Crippen LogP) is 6.38. The summed E-state index contributed by atoms with van der Waals surface area (Å²) in [6.45, 7) is 3.02. The van der Waals surface area contributed by atoms with Crippen LogP contribution in [0.1, 0.15) is 37.3 Å². The molecule has 0 aliphatic heterocycles. The molecule has 0 radical (unpaired) electrons. The van der Waals surface area contributed by atoms with Crippen LogP contribution < -0.4 is 5.32 Å². The van der Waals surface area contributed by atoms with Crippen LogP contribution >= 0.6 is 23.4 Å². The standard InChI is InChI=1S/C29H33ClN2O2S/c1-2-19-31-29(34)27(21-23-10-5-3-6-11-23)32(22-24-12-7-4-8-13-24)28(33)14-9-20-35-26-17-15-25(30)16-18-26/h3-8,10-13,15-18,27H,2,9,14,19-22H2,1H3,(H,31,34). The van der Waals surface area contributed by atoms with Crippen molar-refractivity contribution in [2.75, 3.05) is 12.3 Å². The van der Waals surface area contributed by atoms with Gasteiger partial charge in [-0.3, -0.25) is 9.59 Å². The van der Waals surface area contributed by atoms with E-state index in [1.54, 1.807) is 16.7 Å². The van der Waals surface area contributed by atoms with Crippen molar-refractivity contribution in [1.82, 2.24) is 10.2 Å². The van der Waals surface area contributed by atoms with Gasteiger partial charge in [-0.1, -0.05) is 79.2 Å². The fraction of sp³-hybridized carbons (Fsp3) is 0.310. The Morgan fingerprint density at radius 1 is 0.914 bits per heavy atom. The van der Waals surface area contributed by atoms with Gasteiger partial charge < -0.3 is 10.2 Å². The fourth-order valence-corrected chi connectivity index (χ4v) is 4.77. The lowest BCUT2D eigenvalue weighted by molar-refractivity contribution is -0.141. The molecule has 2 amide bonds. The topological polar surface area (TPSA) is 49.4 Å². The van der Waals surface area contributed by atoms with Gasteiger partial charge in [-0.15, -0.1) is 11.8 Å². The maximum Gasteiger partial charge on any atom is 0.243 e. The highest BCUT2D eigenvalue weighted by Gasteiger charge is 2.29. The summed E-state index contributed by atoms with van der Waals surface area (Å²) >= 11 is 7.68. The quantitative estimate of drug-likeness (QED) is 0.215. The molecule has 35 heavy (non-hydrogen) atoms. The molecule has 0 aliphatic carbocycles. The lowest BCUT2D eigenvalue weighted by atomic mass is 10.0. The van der Waals surface area contributed by atoms with Gasteiger partial charge in [0.15, 0.2) is 0 Å². The fourth-order valence-electron chi connectivity index (χ4n) is 3.79. The number of benzene rings is 3. The highest BCUT2D eigenvalue weighted by molar-refractivity contribution is 7.99. The van der Waals surface area contributed by atoms with Crippen LogP contribution in [0.2, 0.25) is 5.02 Å². The van der Waals surface area contributed by atoms with Crippen molar-refractivity contribution in [3.63, 3.8) is 0 Å². The van der Waals surface area contributed by atoms with E-state index in [0.717, 1.165) is 34.6 Å². The second-order valence-corrected chi connectivity index (χ2v) is 10.0. The van der Waals surface area contributed by atoms with E-state index >= 15 is 0 Å². The molecular formula is C29H33ClN2O2S. The zero-order valence-electron chi connectivity index (χ0n) is 20.2. The summed E-state index contributed by atoms with van der Waals surface area (Å²) in [5, 5.41) is 3.73. The van der Waals surface area contributed by atoms with Gasteiger partial charge in [0.2, 0.25) is 11.8 Å². The Morgan fingerprint density at radius 3 is 2.17 bits per heavy atom. The molecule has 0 aromatic heterocycles. The number of thioether (sulfide) groups is 1. The largest absolute Gasteiger partial charge is 0.354 e. The molecule has 3 rings (SSSR count). The molecule has 3 aromatic carbocycles. The normalized spacial score (nSPS) is 11.6. The van der Waals surface area contributed by atoms with Gasteiger partial charge in [0.1, 0.15) is 6.04 Å². The summed E-state index contributed by atoms with van der Waals surface area (Å²) in [5.41, 5.74) is 2.05. The molecular weight excluding hydrogens is 476 g/mol. The third-order valence-corrected chi connectivity index (χ3v) is 6.98. The molecule has 1 N–H and O–H groups in total. The van der Waals surface area contributed by atoms with Gasteiger partial charge in [-0.05, 0) is 54.0 Å². The van der Waals surface area contributed by atoms with Crippen LogP contribution in [0.3, 0.4) is 0 Å². The van der Waals surface area contributed by atoms with Crippen LogP contribution in [0, 0.1) is 0 Å². The zero-order chi connectivity index (χ0) is 24.9. The Morgan fingerprint density at radius 2 is 1.54 bits per heavy atom. The van der Waals surface area contributed by atoms with E-state index in [2.05, 4.69) is 5.32 Å². The SMILES string of the molecule is CCCNC(=O)C(Cc1ccccc1)N(Cc1ccccc1)C(=O)CCCSc1ccc(Cl)cc1. The lowest BCUT2D eigenvalue weighted by Crippen LogP contribution is -2.50. The van der Waals surface area contributed by atoms with E-state index in [9.17, 15) is 9.59 Å². The van der Waals surface area contributed by atoms with Gasteiger partial charge in [0.05, 0.1) is 0 Å². The number of carbonyl (C=O) groups excluding carboxylic acids is 2. The smallest absolute Gasteiger partial charge is 0.243 e. The highest BCUT2D eigenvalue weighted by atomic mass is 35.5. The average Bonchev–Trinajstić information content (AvgIpc) is 2.89. The number of halogens is 1. The zero-order valence-corrected chi connectivity index (χ0v) is 21.7. The maximum absolute atomic E-state index is 13.5. The first-order chi connectivity index (χ1) is 17.1. The molecule has 0 bridgehead atoms. The third kappa shape index (κ3) is 9.08. The number of carbonyl (C=O) groups is 2. The van der Waals surface area contributed by atoms with Crippen LogP contribution in [-0.4, -0.2) is 35.1 Å². The van der Waals surface area contributed by atoms with Crippen molar-refractivity contribution >= 4 is 35.2 Å². The maximum atomic E-state index is 13.5. The number of hydrogen-bond donors (Lipinski definition) is 1. The molecule has 0 aliphatic rings. The molecule has 0 heterocycles. The first-order valence-electron chi connectivity index (χ1n) is 12.1. The highest BCUT2D eigenvalue weighted by Crippen LogP contribution is 2.22. The van der Waals surface area contributed by atoms with E-state index in [1.807, 2.05) is 91.9 Å². The second kappa shape index (κ2) is 14.6. The van der Waals surface area contributed by atoms with Crippen LogP contribution in [-0.2, 0) is 22.6 Å². The summed E-state index contributed by atoms with van der Waals surface area (Å²) in [7, 11) is 0. The third-order valence-electron chi connectivity index (χ3n) is 5.63. The van der Waals surface area contributed by atoms with Crippen LogP contribution in [0.25, 0.3) is 0 Å². The van der Waals surface area contributed by atoms with Crippen molar-refractivity contribution < 1.29 is 9.59 Å². The predicted molar refractivity (Wildman–Crippen MR) is 146 cm³/mol. The van der Waals surface area contributed by atoms with Gasteiger partial charge in [0.25, 0.3) is 0 Å². The number of hydrogen-bond acceptors (Lipinski definition) is 3. The molecule has 3 aromatic rings. The van der Waals surface area contributed by atoms with E-state index in [4.69, 9.17) is 11.6 Å². The van der Waals surface area contributed by atoms with E-state index in [-0.39, 0.29) is 11.8 Å². The molecule has 0 spiro atoms. The minimum Gasteiger partial charge on any atom is -0.354 e. The van der Waals surface area contributed by atoms with Crippen molar-refractivity contribution in [3.8, 4) is 0 Å². The Hall–Kier alpha value is -2.76. The summed E-state index contributed by atoms with van der Waals surface area (Å²) < 4.78 is 0. The van der Waals surface area contributed by atoms with Crippen molar-refractivity contribution in [2.45, 2.75) is 50.1 Å². The second-order valence-electron chi connectivity index (χ2n) is 8.41. The van der Waals surface area contributed by atoms with Gasteiger partial charge >= 0.3 is 0 Å². The van der Waals surface area contributed by atoms with E-state index in [0.29, 0.717) is 31.0 Å². The van der Waals surface area contributed by atoms with Crippen LogP contribution in [0.15, 0.2) is 89.8 Å². The molecule has 0 fully saturated rings. The number of nitrogens with one attached hydrogen (secondary N) is 1. The summed E-state index contributed by atoms with van der Waals surface area (Å²) in [6.07, 6.45) is 2.44. The first kappa shape index (κ1) is 26.8.